The zero-order valence-corrected chi connectivity index (χ0v) is 12.6. The van der Waals surface area contributed by atoms with Crippen molar-refractivity contribution in [3.05, 3.63) is 28.5 Å². The summed E-state index contributed by atoms with van der Waals surface area (Å²) >= 11 is 5.73. The molecule has 0 atom stereocenters. The van der Waals surface area contributed by atoms with Gasteiger partial charge in [0, 0.05) is 13.1 Å². The summed E-state index contributed by atoms with van der Waals surface area (Å²) in [5.74, 6) is -0.397. The summed E-state index contributed by atoms with van der Waals surface area (Å²) in [4.78, 5) is -0.127. The van der Waals surface area contributed by atoms with Crippen molar-refractivity contribution in [2.75, 3.05) is 6.54 Å². The van der Waals surface area contributed by atoms with Crippen LogP contribution in [0, 0.1) is 11.7 Å². The Labute approximate surface area is 123 Å². The number of hydrogen-bond donors (Lipinski definition) is 2. The zero-order chi connectivity index (χ0) is 14.8. The molecule has 0 bridgehead atoms. The highest BCUT2D eigenvalue weighted by Crippen LogP contribution is 2.26. The van der Waals surface area contributed by atoms with Crippen molar-refractivity contribution >= 4 is 21.6 Å². The molecule has 2 rings (SSSR count). The van der Waals surface area contributed by atoms with E-state index in [1.807, 2.05) is 0 Å². The minimum absolute atomic E-state index is 0.0122. The first-order chi connectivity index (χ1) is 9.44. The molecule has 1 aliphatic rings. The molecular weight excluding hydrogens is 303 g/mol. The van der Waals surface area contributed by atoms with Crippen LogP contribution in [0.4, 0.5) is 4.39 Å². The first-order valence-electron chi connectivity index (χ1n) is 6.61. The van der Waals surface area contributed by atoms with Crippen molar-refractivity contribution in [1.29, 1.82) is 0 Å². The third kappa shape index (κ3) is 3.49. The van der Waals surface area contributed by atoms with E-state index in [0.29, 0.717) is 12.5 Å². The molecule has 1 aliphatic carbocycles. The van der Waals surface area contributed by atoms with Crippen molar-refractivity contribution < 1.29 is 12.8 Å². The van der Waals surface area contributed by atoms with Crippen LogP contribution in [-0.2, 0) is 16.6 Å². The van der Waals surface area contributed by atoms with Gasteiger partial charge in [-0.1, -0.05) is 24.4 Å². The second-order valence-electron chi connectivity index (χ2n) is 5.08. The quantitative estimate of drug-likeness (QED) is 0.875. The number of nitrogens with two attached hydrogens (primary N) is 1. The van der Waals surface area contributed by atoms with Gasteiger partial charge in [-0.25, -0.2) is 17.5 Å². The van der Waals surface area contributed by atoms with Gasteiger partial charge in [0.15, 0.2) is 0 Å². The Kier molecular flexibility index (Phi) is 5.01. The van der Waals surface area contributed by atoms with Crippen LogP contribution in [0.2, 0.25) is 5.02 Å². The van der Waals surface area contributed by atoms with E-state index in [0.717, 1.165) is 31.7 Å². The number of hydrogen-bond acceptors (Lipinski definition) is 3. The molecule has 1 aromatic rings. The van der Waals surface area contributed by atoms with Crippen LogP contribution in [0.5, 0.6) is 0 Å². The third-order valence-electron chi connectivity index (χ3n) is 3.64. The van der Waals surface area contributed by atoms with Gasteiger partial charge in [-0.2, -0.15) is 0 Å². The van der Waals surface area contributed by atoms with E-state index in [1.54, 1.807) is 0 Å². The van der Waals surface area contributed by atoms with Crippen molar-refractivity contribution in [3.63, 3.8) is 0 Å². The van der Waals surface area contributed by atoms with Crippen molar-refractivity contribution in [2.45, 2.75) is 37.1 Å². The van der Waals surface area contributed by atoms with Gasteiger partial charge >= 0.3 is 0 Å². The highest BCUT2D eigenvalue weighted by atomic mass is 35.5. The lowest BCUT2D eigenvalue weighted by atomic mass is 10.1. The van der Waals surface area contributed by atoms with E-state index < -0.39 is 15.8 Å². The maximum absolute atomic E-state index is 13.6. The largest absolute Gasteiger partial charge is 0.326 e. The van der Waals surface area contributed by atoms with Crippen LogP contribution in [0.3, 0.4) is 0 Å². The smallest absolute Gasteiger partial charge is 0.240 e. The number of halogens is 2. The van der Waals surface area contributed by atoms with Gasteiger partial charge in [0.1, 0.15) is 5.82 Å². The average Bonchev–Trinajstić information content (AvgIpc) is 2.92. The van der Waals surface area contributed by atoms with Gasteiger partial charge in [-0.15, -0.1) is 0 Å². The van der Waals surface area contributed by atoms with Crippen LogP contribution in [-0.4, -0.2) is 15.0 Å². The molecule has 3 N–H and O–H groups in total. The van der Waals surface area contributed by atoms with Crippen LogP contribution in [0.25, 0.3) is 0 Å². The zero-order valence-electron chi connectivity index (χ0n) is 11.0. The SMILES string of the molecule is NCc1cc(S(=O)(=O)NCC2CCCC2)cc(F)c1Cl. The van der Waals surface area contributed by atoms with E-state index in [-0.39, 0.29) is 22.0 Å². The van der Waals surface area contributed by atoms with Crippen LogP contribution in [0.1, 0.15) is 31.2 Å². The highest BCUT2D eigenvalue weighted by molar-refractivity contribution is 7.89. The Balaban J connectivity index is 2.18. The minimum Gasteiger partial charge on any atom is -0.326 e. The number of sulfonamides is 1. The monoisotopic (exact) mass is 320 g/mol. The molecule has 0 radical (unpaired) electrons. The molecule has 1 aromatic carbocycles. The predicted octanol–water partition coefficient (Wildman–Crippen LogP) is 2.41. The Morgan fingerprint density at radius 1 is 1.35 bits per heavy atom. The predicted molar refractivity (Wildman–Crippen MR) is 76.4 cm³/mol. The second kappa shape index (κ2) is 6.39. The fourth-order valence-corrected chi connectivity index (χ4v) is 3.81. The molecule has 1 saturated carbocycles. The fourth-order valence-electron chi connectivity index (χ4n) is 2.45. The Bertz CT molecular complexity index is 586. The molecule has 0 spiro atoms. The van der Waals surface area contributed by atoms with Gasteiger partial charge in [0.2, 0.25) is 10.0 Å². The summed E-state index contributed by atoms with van der Waals surface area (Å²) in [6.07, 6.45) is 4.34. The topological polar surface area (TPSA) is 72.2 Å². The third-order valence-corrected chi connectivity index (χ3v) is 5.47. The molecule has 0 heterocycles. The molecule has 0 aliphatic heterocycles. The number of benzene rings is 1. The maximum atomic E-state index is 13.6. The van der Waals surface area contributed by atoms with Gasteiger partial charge in [0.25, 0.3) is 0 Å². The molecule has 7 heteroatoms. The van der Waals surface area contributed by atoms with E-state index in [9.17, 15) is 12.8 Å². The highest BCUT2D eigenvalue weighted by Gasteiger charge is 2.21. The van der Waals surface area contributed by atoms with Crippen molar-refractivity contribution in [3.8, 4) is 0 Å². The summed E-state index contributed by atoms with van der Waals surface area (Å²) in [6, 6.07) is 2.25. The molecule has 20 heavy (non-hydrogen) atoms. The Hall–Kier alpha value is -0.690. The summed E-state index contributed by atoms with van der Waals surface area (Å²) in [6.45, 7) is 0.381. The van der Waals surface area contributed by atoms with Gasteiger partial charge in [-0.05, 0) is 36.5 Å². The lowest BCUT2D eigenvalue weighted by Crippen LogP contribution is -2.28. The lowest BCUT2D eigenvalue weighted by Gasteiger charge is -2.12. The first-order valence-corrected chi connectivity index (χ1v) is 8.48. The molecule has 0 unspecified atom stereocenters. The summed E-state index contributed by atoms with van der Waals surface area (Å²) < 4.78 is 40.5. The van der Waals surface area contributed by atoms with Crippen LogP contribution < -0.4 is 10.5 Å². The second-order valence-corrected chi connectivity index (χ2v) is 7.23. The fraction of sp³-hybridized carbons (Fsp3) is 0.538. The lowest BCUT2D eigenvalue weighted by molar-refractivity contribution is 0.519. The molecule has 0 amide bonds. The first kappa shape index (κ1) is 15.7. The normalized spacial score (nSPS) is 16.8. The minimum atomic E-state index is -3.72. The van der Waals surface area contributed by atoms with E-state index in [4.69, 9.17) is 17.3 Å². The van der Waals surface area contributed by atoms with Crippen LogP contribution >= 0.6 is 11.6 Å². The number of nitrogens with one attached hydrogen (secondary N) is 1. The Morgan fingerprint density at radius 3 is 2.60 bits per heavy atom. The average molecular weight is 321 g/mol. The standard InChI is InChI=1S/C13H18ClFN2O2S/c14-13-10(7-16)5-11(6-12(13)15)20(18,19)17-8-9-3-1-2-4-9/h5-6,9,17H,1-4,7-8,16H2. The van der Waals surface area contributed by atoms with Gasteiger partial charge in [0.05, 0.1) is 9.92 Å². The Morgan fingerprint density at radius 2 is 2.00 bits per heavy atom. The molecule has 0 saturated heterocycles. The molecule has 112 valence electrons. The molecular formula is C13H18ClFN2O2S. The van der Waals surface area contributed by atoms with E-state index >= 15 is 0 Å². The van der Waals surface area contributed by atoms with E-state index in [1.165, 1.54) is 6.07 Å². The summed E-state index contributed by atoms with van der Waals surface area (Å²) in [7, 11) is -3.72. The number of rotatable bonds is 5. The van der Waals surface area contributed by atoms with Crippen LogP contribution in [0.15, 0.2) is 17.0 Å². The summed E-state index contributed by atoms with van der Waals surface area (Å²) in [5, 5.41) is -0.123. The van der Waals surface area contributed by atoms with Crippen molar-refractivity contribution in [1.82, 2.24) is 4.72 Å². The maximum Gasteiger partial charge on any atom is 0.240 e. The van der Waals surface area contributed by atoms with Gasteiger partial charge < -0.3 is 5.73 Å². The van der Waals surface area contributed by atoms with Gasteiger partial charge in [-0.3, -0.25) is 0 Å². The molecule has 4 nitrogen and oxygen atoms in total. The van der Waals surface area contributed by atoms with Crippen molar-refractivity contribution in [2.24, 2.45) is 11.7 Å². The summed E-state index contributed by atoms with van der Waals surface area (Å²) in [5.41, 5.74) is 5.72. The molecule has 0 aromatic heterocycles. The van der Waals surface area contributed by atoms with E-state index in [2.05, 4.69) is 4.72 Å². The molecule has 1 fully saturated rings.